The van der Waals surface area contributed by atoms with Crippen molar-refractivity contribution in [1.82, 2.24) is 0 Å². The number of carbonyl (C=O) groups is 1. The molecule has 2 aromatic carbocycles. The van der Waals surface area contributed by atoms with Crippen molar-refractivity contribution in [3.05, 3.63) is 59.9 Å². The monoisotopic (exact) mass is 304 g/mol. The fraction of sp³-hybridized carbons (Fsp3) is 0.235. The topological polar surface area (TPSA) is 55.8 Å². The zero-order valence-corrected chi connectivity index (χ0v) is 12.2. The molecule has 5 heteroatoms. The highest BCUT2D eigenvalue weighted by Crippen LogP contribution is 2.28. The van der Waals surface area contributed by atoms with Gasteiger partial charge in [-0.15, -0.1) is 0 Å². The van der Waals surface area contributed by atoms with Gasteiger partial charge >= 0.3 is 0 Å². The van der Waals surface area contributed by atoms with Gasteiger partial charge in [0.2, 0.25) is 0 Å². The number of carbonyl (C=O) groups excluding carboxylic acids is 1. The highest BCUT2D eigenvalue weighted by molar-refractivity contribution is 5.37. The standard InChI is InChI=1S/C17H17FO4/c1-17(20,10-11-21-12-19)13-2-6-15(7-3-13)22-16-8-4-14(18)5-9-16/h2-9,12,20H,10-11H2,1H3. The Balaban J connectivity index is 2.03. The zero-order chi connectivity index (χ0) is 16.0. The van der Waals surface area contributed by atoms with Gasteiger partial charge in [-0.3, -0.25) is 4.79 Å². The van der Waals surface area contributed by atoms with Crippen molar-refractivity contribution in [2.45, 2.75) is 18.9 Å². The first-order valence-corrected chi connectivity index (χ1v) is 6.83. The second-order valence-electron chi connectivity index (χ2n) is 5.07. The molecule has 2 aromatic rings. The molecule has 1 N–H and O–H groups in total. The van der Waals surface area contributed by atoms with Gasteiger partial charge in [-0.25, -0.2) is 4.39 Å². The Morgan fingerprint density at radius 3 is 2.18 bits per heavy atom. The van der Waals surface area contributed by atoms with Crippen LogP contribution in [0.25, 0.3) is 0 Å². The van der Waals surface area contributed by atoms with Crippen LogP contribution in [0.5, 0.6) is 11.5 Å². The van der Waals surface area contributed by atoms with Gasteiger partial charge in [0, 0.05) is 6.42 Å². The van der Waals surface area contributed by atoms with Crippen LogP contribution in [0, 0.1) is 5.82 Å². The molecule has 116 valence electrons. The Morgan fingerprint density at radius 1 is 1.09 bits per heavy atom. The quantitative estimate of drug-likeness (QED) is 0.629. The van der Waals surface area contributed by atoms with E-state index >= 15 is 0 Å². The summed E-state index contributed by atoms with van der Waals surface area (Å²) in [7, 11) is 0. The molecule has 0 radical (unpaired) electrons. The van der Waals surface area contributed by atoms with Crippen molar-refractivity contribution in [3.8, 4) is 11.5 Å². The minimum atomic E-state index is -1.10. The summed E-state index contributed by atoms with van der Waals surface area (Å²) in [6, 6.07) is 12.6. The minimum absolute atomic E-state index is 0.143. The highest BCUT2D eigenvalue weighted by atomic mass is 19.1. The van der Waals surface area contributed by atoms with Crippen molar-refractivity contribution in [2.75, 3.05) is 6.61 Å². The molecule has 0 saturated heterocycles. The van der Waals surface area contributed by atoms with Gasteiger partial charge in [-0.05, 0) is 48.9 Å². The molecule has 0 heterocycles. The van der Waals surface area contributed by atoms with Crippen LogP contribution in [0.4, 0.5) is 4.39 Å². The van der Waals surface area contributed by atoms with Gasteiger partial charge in [-0.1, -0.05) is 12.1 Å². The van der Waals surface area contributed by atoms with Crippen molar-refractivity contribution in [2.24, 2.45) is 0 Å². The Labute approximate surface area is 128 Å². The van der Waals surface area contributed by atoms with E-state index in [2.05, 4.69) is 4.74 Å². The van der Waals surface area contributed by atoms with Crippen molar-refractivity contribution >= 4 is 6.47 Å². The Hall–Kier alpha value is -2.40. The van der Waals surface area contributed by atoms with E-state index in [-0.39, 0.29) is 12.4 Å². The third-order valence-corrected chi connectivity index (χ3v) is 3.30. The minimum Gasteiger partial charge on any atom is -0.468 e. The van der Waals surface area contributed by atoms with Crippen molar-refractivity contribution in [1.29, 1.82) is 0 Å². The average molecular weight is 304 g/mol. The van der Waals surface area contributed by atoms with Crippen LogP contribution in [-0.4, -0.2) is 18.2 Å². The summed E-state index contributed by atoms with van der Waals surface area (Å²) in [6.45, 7) is 2.15. The molecule has 1 atom stereocenters. The third-order valence-electron chi connectivity index (χ3n) is 3.30. The van der Waals surface area contributed by atoms with Crippen LogP contribution >= 0.6 is 0 Å². The van der Waals surface area contributed by atoms with E-state index in [1.165, 1.54) is 24.3 Å². The predicted octanol–water partition coefficient (Wildman–Crippen LogP) is 3.39. The molecule has 2 rings (SSSR count). The lowest BCUT2D eigenvalue weighted by Gasteiger charge is -2.23. The van der Waals surface area contributed by atoms with Crippen LogP contribution in [0.15, 0.2) is 48.5 Å². The molecule has 0 aliphatic heterocycles. The van der Waals surface area contributed by atoms with E-state index in [0.717, 1.165) is 0 Å². The van der Waals surface area contributed by atoms with Crippen LogP contribution in [0.3, 0.4) is 0 Å². The van der Waals surface area contributed by atoms with E-state index in [1.807, 2.05) is 0 Å². The number of rotatable bonds is 7. The normalized spacial score (nSPS) is 13.2. The lowest BCUT2D eigenvalue weighted by atomic mass is 9.93. The molecular formula is C17H17FO4. The fourth-order valence-electron chi connectivity index (χ4n) is 1.97. The van der Waals surface area contributed by atoms with Crippen LogP contribution in [0.2, 0.25) is 0 Å². The zero-order valence-electron chi connectivity index (χ0n) is 12.2. The molecule has 0 bridgehead atoms. The van der Waals surface area contributed by atoms with Crippen LogP contribution in [0.1, 0.15) is 18.9 Å². The summed E-state index contributed by atoms with van der Waals surface area (Å²) in [4.78, 5) is 10.1. The maximum atomic E-state index is 12.8. The number of halogens is 1. The molecule has 22 heavy (non-hydrogen) atoms. The number of hydrogen-bond acceptors (Lipinski definition) is 4. The summed E-state index contributed by atoms with van der Waals surface area (Å²) in [5.41, 5.74) is -0.411. The molecule has 0 aliphatic carbocycles. The predicted molar refractivity (Wildman–Crippen MR) is 79.1 cm³/mol. The Kier molecular flexibility index (Phi) is 5.12. The van der Waals surface area contributed by atoms with Gasteiger partial charge in [0.05, 0.1) is 12.2 Å². The van der Waals surface area contributed by atoms with Gasteiger partial charge in [0.1, 0.15) is 17.3 Å². The number of aliphatic hydroxyl groups is 1. The largest absolute Gasteiger partial charge is 0.468 e. The first kappa shape index (κ1) is 16.0. The lowest BCUT2D eigenvalue weighted by Crippen LogP contribution is -2.23. The average Bonchev–Trinajstić information content (AvgIpc) is 2.50. The smallest absolute Gasteiger partial charge is 0.293 e. The third kappa shape index (κ3) is 4.30. The van der Waals surface area contributed by atoms with E-state index in [4.69, 9.17) is 4.74 Å². The molecule has 0 amide bonds. The van der Waals surface area contributed by atoms with E-state index in [1.54, 1.807) is 31.2 Å². The number of benzene rings is 2. The summed E-state index contributed by atoms with van der Waals surface area (Å²) >= 11 is 0. The molecule has 0 aliphatic rings. The van der Waals surface area contributed by atoms with Gasteiger partial charge in [0.15, 0.2) is 0 Å². The molecular weight excluding hydrogens is 287 g/mol. The second-order valence-corrected chi connectivity index (χ2v) is 5.07. The maximum Gasteiger partial charge on any atom is 0.293 e. The highest BCUT2D eigenvalue weighted by Gasteiger charge is 2.22. The SMILES string of the molecule is CC(O)(CCOC=O)c1ccc(Oc2ccc(F)cc2)cc1. The van der Waals surface area contributed by atoms with Crippen LogP contribution in [-0.2, 0) is 15.1 Å². The van der Waals surface area contributed by atoms with Crippen molar-refractivity contribution in [3.63, 3.8) is 0 Å². The first-order chi connectivity index (χ1) is 10.5. The first-order valence-electron chi connectivity index (χ1n) is 6.83. The number of hydrogen-bond donors (Lipinski definition) is 1. The van der Waals surface area contributed by atoms with E-state index < -0.39 is 5.60 Å². The molecule has 4 nitrogen and oxygen atoms in total. The van der Waals surface area contributed by atoms with Crippen LogP contribution < -0.4 is 4.74 Å². The van der Waals surface area contributed by atoms with Crippen molar-refractivity contribution < 1.29 is 23.8 Å². The lowest BCUT2D eigenvalue weighted by molar-refractivity contribution is -0.130. The summed E-state index contributed by atoms with van der Waals surface area (Å²) in [5.74, 6) is 0.784. The molecule has 0 fully saturated rings. The van der Waals surface area contributed by atoms with E-state index in [9.17, 15) is 14.3 Å². The Bertz CT molecular complexity index is 606. The van der Waals surface area contributed by atoms with Gasteiger partial charge in [-0.2, -0.15) is 0 Å². The summed E-state index contributed by atoms with van der Waals surface area (Å²) in [5, 5.41) is 10.3. The number of ether oxygens (including phenoxy) is 2. The van der Waals surface area contributed by atoms with Gasteiger partial charge < -0.3 is 14.6 Å². The summed E-state index contributed by atoms with van der Waals surface area (Å²) < 4.78 is 23.0. The fourth-order valence-corrected chi connectivity index (χ4v) is 1.97. The molecule has 1 unspecified atom stereocenters. The summed E-state index contributed by atoms with van der Waals surface area (Å²) in [6.07, 6.45) is 0.296. The molecule has 0 saturated carbocycles. The van der Waals surface area contributed by atoms with E-state index in [0.29, 0.717) is 30.0 Å². The maximum absolute atomic E-state index is 12.8. The van der Waals surface area contributed by atoms with Gasteiger partial charge in [0.25, 0.3) is 6.47 Å². The molecule has 0 spiro atoms. The Morgan fingerprint density at radius 2 is 1.64 bits per heavy atom. The second kappa shape index (κ2) is 7.04. The molecule has 0 aromatic heterocycles.